The van der Waals surface area contributed by atoms with E-state index in [9.17, 15) is 4.79 Å². The third kappa shape index (κ3) is 4.28. The van der Waals surface area contributed by atoms with E-state index in [1.807, 2.05) is 19.1 Å². The van der Waals surface area contributed by atoms with E-state index in [1.165, 1.54) is 23.4 Å². The number of nitrogens with zero attached hydrogens (tertiary/aromatic N) is 1. The number of likely N-dealkylation sites (tertiary alicyclic amines) is 1. The first-order chi connectivity index (χ1) is 11.6. The number of carbonyl (C=O) groups excluding carboxylic acids is 1. The molecule has 24 heavy (non-hydrogen) atoms. The Morgan fingerprint density at radius 3 is 2.67 bits per heavy atom. The van der Waals surface area contributed by atoms with Gasteiger partial charge in [0.25, 0.3) is 5.91 Å². The number of anilines is 2. The highest BCUT2D eigenvalue weighted by molar-refractivity contribution is 5.93. The summed E-state index contributed by atoms with van der Waals surface area (Å²) in [6.07, 6.45) is 2.52. The van der Waals surface area contributed by atoms with Crippen LogP contribution in [0.2, 0.25) is 0 Å². The maximum Gasteiger partial charge on any atom is 0.282 e. The molecule has 0 saturated carbocycles. The molecule has 132 valence electrons. The molecule has 1 unspecified atom stereocenters. The highest BCUT2D eigenvalue weighted by atomic mass is 16.5. The van der Waals surface area contributed by atoms with Gasteiger partial charge in [-0.25, -0.2) is 0 Å². The summed E-state index contributed by atoms with van der Waals surface area (Å²) < 4.78 is 5.39. The van der Waals surface area contributed by atoms with Crippen molar-refractivity contribution >= 4 is 17.3 Å². The predicted molar refractivity (Wildman–Crippen MR) is 96.7 cm³/mol. The van der Waals surface area contributed by atoms with Crippen molar-refractivity contribution in [1.29, 1.82) is 0 Å². The molecule has 2 heterocycles. The minimum absolute atomic E-state index is 0.00618. The van der Waals surface area contributed by atoms with Crippen LogP contribution in [-0.4, -0.2) is 51.3 Å². The Hall–Kier alpha value is -1.59. The molecule has 1 amide bonds. The van der Waals surface area contributed by atoms with Crippen LogP contribution in [0, 0.1) is 5.92 Å². The molecule has 2 saturated heterocycles. The van der Waals surface area contributed by atoms with Gasteiger partial charge in [0.05, 0.1) is 26.3 Å². The molecule has 1 aromatic rings. The molecule has 2 aliphatic heterocycles. The van der Waals surface area contributed by atoms with E-state index >= 15 is 0 Å². The summed E-state index contributed by atoms with van der Waals surface area (Å²) in [7, 11) is 0. The molecule has 2 N–H and O–H groups in total. The second-order valence-corrected chi connectivity index (χ2v) is 7.22. The van der Waals surface area contributed by atoms with Gasteiger partial charge in [-0.1, -0.05) is 6.92 Å². The molecule has 5 heteroatoms. The van der Waals surface area contributed by atoms with Gasteiger partial charge < -0.3 is 19.9 Å². The summed E-state index contributed by atoms with van der Waals surface area (Å²) in [5, 5.41) is 3.08. The molecule has 5 nitrogen and oxygen atoms in total. The molecule has 0 spiro atoms. The summed E-state index contributed by atoms with van der Waals surface area (Å²) in [5.41, 5.74) is 2.08. The van der Waals surface area contributed by atoms with Crippen LogP contribution in [0.25, 0.3) is 0 Å². The van der Waals surface area contributed by atoms with Gasteiger partial charge in [0.15, 0.2) is 6.04 Å². The number of hydrogen-bond donors (Lipinski definition) is 2. The first kappa shape index (κ1) is 17.2. The topological polar surface area (TPSA) is 46.0 Å². The summed E-state index contributed by atoms with van der Waals surface area (Å²) >= 11 is 0. The van der Waals surface area contributed by atoms with Crippen LogP contribution in [0.1, 0.15) is 26.7 Å². The Morgan fingerprint density at radius 2 is 2.00 bits per heavy atom. The second-order valence-electron chi connectivity index (χ2n) is 7.22. The minimum atomic E-state index is 0.00618. The largest absolute Gasteiger partial charge is 0.378 e. The zero-order valence-corrected chi connectivity index (χ0v) is 14.9. The number of piperidine rings is 1. The van der Waals surface area contributed by atoms with Crippen molar-refractivity contribution in [2.75, 3.05) is 49.6 Å². The van der Waals surface area contributed by atoms with Crippen molar-refractivity contribution < 1.29 is 14.4 Å². The molecule has 3 atom stereocenters. The summed E-state index contributed by atoms with van der Waals surface area (Å²) in [6, 6.07) is 8.18. The number of hydrogen-bond acceptors (Lipinski definition) is 3. The average molecular weight is 332 g/mol. The van der Waals surface area contributed by atoms with E-state index < -0.39 is 0 Å². The number of quaternary nitrogens is 1. The van der Waals surface area contributed by atoms with Crippen LogP contribution < -0.4 is 15.1 Å². The fourth-order valence-corrected chi connectivity index (χ4v) is 3.74. The van der Waals surface area contributed by atoms with E-state index in [0.717, 1.165) is 51.0 Å². The zero-order valence-electron chi connectivity index (χ0n) is 14.9. The maximum atomic E-state index is 12.5. The van der Waals surface area contributed by atoms with Crippen LogP contribution in [0.15, 0.2) is 24.3 Å². The number of nitrogens with one attached hydrogen (secondary N) is 2. The molecule has 3 rings (SSSR count). The van der Waals surface area contributed by atoms with Crippen LogP contribution in [0.3, 0.4) is 0 Å². The Bertz CT molecular complexity index is 540. The predicted octanol–water partition coefficient (Wildman–Crippen LogP) is 1.17. The number of carbonyl (C=O) groups is 1. The fourth-order valence-electron chi connectivity index (χ4n) is 3.74. The number of ether oxygens (including phenoxy) is 1. The van der Waals surface area contributed by atoms with Crippen LogP contribution in [0.5, 0.6) is 0 Å². The van der Waals surface area contributed by atoms with Crippen LogP contribution in [-0.2, 0) is 9.53 Å². The highest BCUT2D eigenvalue weighted by Crippen LogP contribution is 2.19. The number of amides is 1. The number of benzene rings is 1. The van der Waals surface area contributed by atoms with Crippen LogP contribution >= 0.6 is 0 Å². The number of rotatable bonds is 4. The van der Waals surface area contributed by atoms with Gasteiger partial charge in [0.2, 0.25) is 0 Å². The average Bonchev–Trinajstić information content (AvgIpc) is 2.62. The molecule has 2 fully saturated rings. The van der Waals surface area contributed by atoms with Gasteiger partial charge in [0.1, 0.15) is 0 Å². The molecule has 0 radical (unpaired) electrons. The molecular formula is C19H30N3O2+. The molecular weight excluding hydrogens is 302 g/mol. The van der Waals surface area contributed by atoms with Gasteiger partial charge in [0, 0.05) is 30.4 Å². The van der Waals surface area contributed by atoms with Crippen molar-refractivity contribution in [2.45, 2.75) is 32.7 Å². The van der Waals surface area contributed by atoms with Crippen molar-refractivity contribution in [2.24, 2.45) is 5.92 Å². The molecule has 1 aromatic carbocycles. The summed E-state index contributed by atoms with van der Waals surface area (Å²) in [4.78, 5) is 16.3. The quantitative estimate of drug-likeness (QED) is 0.870. The van der Waals surface area contributed by atoms with Crippen LogP contribution in [0.4, 0.5) is 11.4 Å². The first-order valence-corrected chi connectivity index (χ1v) is 9.21. The van der Waals surface area contributed by atoms with Gasteiger partial charge >= 0.3 is 0 Å². The van der Waals surface area contributed by atoms with Gasteiger partial charge in [-0.3, -0.25) is 4.79 Å². The lowest BCUT2D eigenvalue weighted by molar-refractivity contribution is -0.922. The van der Waals surface area contributed by atoms with Crippen molar-refractivity contribution in [1.82, 2.24) is 0 Å². The summed E-state index contributed by atoms with van der Waals surface area (Å²) in [6.45, 7) is 9.97. The third-order valence-electron chi connectivity index (χ3n) is 5.32. The van der Waals surface area contributed by atoms with Crippen molar-refractivity contribution in [3.8, 4) is 0 Å². The first-order valence-electron chi connectivity index (χ1n) is 9.21. The van der Waals surface area contributed by atoms with Crippen molar-refractivity contribution in [3.63, 3.8) is 0 Å². The summed E-state index contributed by atoms with van der Waals surface area (Å²) in [5.74, 6) is 0.843. The van der Waals surface area contributed by atoms with E-state index in [0.29, 0.717) is 0 Å². The van der Waals surface area contributed by atoms with E-state index in [1.54, 1.807) is 0 Å². The Morgan fingerprint density at radius 1 is 1.29 bits per heavy atom. The van der Waals surface area contributed by atoms with E-state index in [4.69, 9.17) is 4.74 Å². The Labute approximate surface area is 145 Å². The normalized spacial score (nSPS) is 26.0. The maximum absolute atomic E-state index is 12.5. The lowest BCUT2D eigenvalue weighted by atomic mass is 9.99. The molecule has 2 aliphatic rings. The fraction of sp³-hybridized carbons (Fsp3) is 0.632. The van der Waals surface area contributed by atoms with Gasteiger partial charge in [-0.05, 0) is 44.0 Å². The van der Waals surface area contributed by atoms with E-state index in [-0.39, 0.29) is 11.9 Å². The standard InChI is InChI=1S/C19H29N3O2/c1-15-4-3-9-22(14-15)16(2)19(23)20-17-5-7-18(8-6-17)21-10-12-24-13-11-21/h5-8,15-16H,3-4,9-14H2,1-2H3,(H,20,23)/p+1/t15-,16-/m0/s1. The lowest BCUT2D eigenvalue weighted by Crippen LogP contribution is -3.17. The SMILES string of the molecule is C[C@H]1CCC[NH+]([C@@H](C)C(=O)Nc2ccc(N3CCOCC3)cc2)C1. The van der Waals surface area contributed by atoms with E-state index in [2.05, 4.69) is 29.3 Å². The van der Waals surface area contributed by atoms with Gasteiger partial charge in [-0.2, -0.15) is 0 Å². The lowest BCUT2D eigenvalue weighted by Gasteiger charge is -2.31. The number of morpholine rings is 1. The molecule has 0 aliphatic carbocycles. The zero-order chi connectivity index (χ0) is 16.9. The monoisotopic (exact) mass is 332 g/mol. The van der Waals surface area contributed by atoms with Gasteiger partial charge in [-0.15, -0.1) is 0 Å². The second kappa shape index (κ2) is 7.99. The van der Waals surface area contributed by atoms with Crippen molar-refractivity contribution in [3.05, 3.63) is 24.3 Å². The minimum Gasteiger partial charge on any atom is -0.378 e. The Kier molecular flexibility index (Phi) is 5.74. The molecule has 0 bridgehead atoms. The smallest absolute Gasteiger partial charge is 0.282 e. The molecule has 0 aromatic heterocycles. The highest BCUT2D eigenvalue weighted by Gasteiger charge is 2.29. The third-order valence-corrected chi connectivity index (χ3v) is 5.32. The Balaban J connectivity index is 1.55.